The van der Waals surface area contributed by atoms with Crippen molar-refractivity contribution < 1.29 is 13.2 Å². The third-order valence-electron chi connectivity index (χ3n) is 10.9. The highest BCUT2D eigenvalue weighted by atomic mass is 19.4. The first-order valence-electron chi connectivity index (χ1n) is 16.3. The van der Waals surface area contributed by atoms with Gasteiger partial charge in [-0.05, 0) is 70.3 Å². The number of rotatable bonds is 1. The Morgan fingerprint density at radius 3 is 2.02 bits per heavy atom. The Hall–Kier alpha value is -5.36. The number of aryl methyl sites for hydroxylation is 1. The lowest BCUT2D eigenvalue weighted by atomic mass is 9.58. The monoisotopic (exact) mass is 636 g/mol. The van der Waals surface area contributed by atoms with Crippen LogP contribution in [0.5, 0.6) is 0 Å². The fourth-order valence-electron chi connectivity index (χ4n) is 8.67. The van der Waals surface area contributed by atoms with Crippen LogP contribution >= 0.6 is 0 Å². The fourth-order valence-corrected chi connectivity index (χ4v) is 8.67. The molecule has 236 valence electrons. The number of alkyl halides is 3. The third kappa shape index (κ3) is 3.52. The molecule has 6 heteroatoms. The van der Waals surface area contributed by atoms with Crippen molar-refractivity contribution in [3.05, 3.63) is 171 Å². The van der Waals surface area contributed by atoms with Crippen LogP contribution in [0.2, 0.25) is 0 Å². The lowest BCUT2D eigenvalue weighted by Gasteiger charge is -2.52. The predicted octanol–water partition coefficient (Wildman–Crippen LogP) is 10.4. The summed E-state index contributed by atoms with van der Waals surface area (Å²) in [5, 5.41) is 0.609. The van der Waals surface area contributed by atoms with Crippen molar-refractivity contribution in [3.8, 4) is 5.69 Å². The lowest BCUT2D eigenvalue weighted by Crippen LogP contribution is -2.46. The van der Waals surface area contributed by atoms with Crippen LogP contribution in [0, 0.1) is 18.8 Å². The number of pyridine rings is 1. The average Bonchev–Trinajstić information content (AvgIpc) is 3.09. The van der Waals surface area contributed by atoms with Gasteiger partial charge in [0.1, 0.15) is 0 Å². The van der Waals surface area contributed by atoms with Gasteiger partial charge in [-0.15, -0.1) is 0 Å². The first-order chi connectivity index (χ1) is 23.2. The Kier molecular flexibility index (Phi) is 5.90. The SMILES string of the molecule is Cc1ccccc1N1C2=C(C=CC(C)C2C)C2(c3ccccc31)c1ccccc1-n1c(=O)c3c(C(F)(F)F)cccc3c3cccc2c31. The predicted molar refractivity (Wildman–Crippen MR) is 186 cm³/mol. The lowest BCUT2D eigenvalue weighted by molar-refractivity contribution is -0.136. The first-order valence-corrected chi connectivity index (χ1v) is 16.3. The summed E-state index contributed by atoms with van der Waals surface area (Å²) in [5.74, 6) is 0.392. The summed E-state index contributed by atoms with van der Waals surface area (Å²) >= 11 is 0. The van der Waals surface area contributed by atoms with Gasteiger partial charge in [-0.3, -0.25) is 9.36 Å². The number of anilines is 2. The number of aromatic nitrogens is 1. The largest absolute Gasteiger partial charge is 0.417 e. The van der Waals surface area contributed by atoms with E-state index in [2.05, 4.69) is 92.4 Å². The summed E-state index contributed by atoms with van der Waals surface area (Å²) in [6, 6.07) is 34.5. The highest BCUT2D eigenvalue weighted by Crippen LogP contribution is 2.61. The standard InChI is InChI=1S/C42H31F3N2O/c1-24-22-23-33-38(26(24)3)46(34-19-7-4-12-25(34)2)35-20-8-5-15-29(35)41(33)30-16-6-9-21-36(30)47-39-28(14-11-18-32(39)41)27-13-10-17-31(42(43,44)45)37(27)40(47)48/h4-24,26H,1-3H3. The van der Waals surface area contributed by atoms with E-state index in [1.807, 2.05) is 36.4 Å². The Morgan fingerprint density at radius 1 is 0.688 bits per heavy atom. The molecule has 0 fully saturated rings. The molecule has 5 aromatic carbocycles. The molecular formula is C42H31F3N2O. The highest BCUT2D eigenvalue weighted by Gasteiger charge is 2.53. The Labute approximate surface area is 275 Å². The molecule has 0 N–H and O–H groups in total. The quantitative estimate of drug-likeness (QED) is 0.168. The molecule has 0 saturated heterocycles. The Morgan fingerprint density at radius 2 is 1.29 bits per heavy atom. The minimum Gasteiger partial charge on any atom is -0.313 e. The summed E-state index contributed by atoms with van der Waals surface area (Å²) in [6.45, 7) is 6.65. The number of hydrogen-bond donors (Lipinski definition) is 0. The topological polar surface area (TPSA) is 25.2 Å². The minimum atomic E-state index is -4.69. The van der Waals surface area contributed by atoms with Gasteiger partial charge >= 0.3 is 6.18 Å². The van der Waals surface area contributed by atoms with Gasteiger partial charge in [0.25, 0.3) is 5.56 Å². The van der Waals surface area contributed by atoms with Crippen LogP contribution in [0.4, 0.5) is 24.5 Å². The summed E-state index contributed by atoms with van der Waals surface area (Å²) in [5.41, 5.74) is 7.19. The Balaban J connectivity index is 1.53. The molecule has 0 saturated carbocycles. The van der Waals surface area contributed by atoms with Crippen LogP contribution in [-0.2, 0) is 11.6 Å². The van der Waals surface area contributed by atoms with E-state index < -0.39 is 22.7 Å². The van der Waals surface area contributed by atoms with Crippen LogP contribution < -0.4 is 10.5 Å². The van der Waals surface area contributed by atoms with Crippen molar-refractivity contribution in [3.63, 3.8) is 0 Å². The minimum absolute atomic E-state index is 0.135. The second kappa shape index (κ2) is 9.83. The molecule has 0 amide bonds. The number of hydrogen-bond acceptors (Lipinski definition) is 2. The molecule has 1 aromatic heterocycles. The summed E-state index contributed by atoms with van der Waals surface area (Å²) in [4.78, 5) is 17.0. The molecule has 3 nitrogen and oxygen atoms in total. The molecule has 3 aliphatic rings. The number of para-hydroxylation sites is 4. The van der Waals surface area contributed by atoms with E-state index in [0.717, 1.165) is 45.3 Å². The van der Waals surface area contributed by atoms with Crippen molar-refractivity contribution in [1.29, 1.82) is 0 Å². The van der Waals surface area contributed by atoms with Gasteiger partial charge in [-0.2, -0.15) is 13.2 Å². The molecule has 3 heterocycles. The van der Waals surface area contributed by atoms with E-state index in [9.17, 15) is 18.0 Å². The molecule has 1 aliphatic carbocycles. The molecule has 2 aliphatic heterocycles. The average molecular weight is 637 g/mol. The summed E-state index contributed by atoms with van der Waals surface area (Å²) in [7, 11) is 0. The van der Waals surface area contributed by atoms with E-state index in [-0.39, 0.29) is 17.2 Å². The third-order valence-corrected chi connectivity index (χ3v) is 10.9. The van der Waals surface area contributed by atoms with Crippen molar-refractivity contribution in [2.45, 2.75) is 32.4 Å². The fraction of sp³-hybridized carbons (Fsp3) is 0.167. The van der Waals surface area contributed by atoms with E-state index in [1.54, 1.807) is 6.07 Å². The van der Waals surface area contributed by atoms with Gasteiger partial charge in [-0.25, -0.2) is 0 Å². The van der Waals surface area contributed by atoms with Gasteiger partial charge in [0, 0.05) is 22.7 Å². The normalized spacial score (nSPS) is 21.1. The molecular weight excluding hydrogens is 605 g/mol. The van der Waals surface area contributed by atoms with E-state index >= 15 is 0 Å². The van der Waals surface area contributed by atoms with E-state index in [4.69, 9.17) is 0 Å². The number of nitrogens with zero attached hydrogens (tertiary/aromatic N) is 2. The summed E-state index contributed by atoms with van der Waals surface area (Å²) in [6.07, 6.45) is -0.156. The summed E-state index contributed by atoms with van der Waals surface area (Å²) < 4.78 is 44.9. The van der Waals surface area contributed by atoms with Gasteiger partial charge in [0.2, 0.25) is 0 Å². The Bertz CT molecular complexity index is 2490. The van der Waals surface area contributed by atoms with E-state index in [0.29, 0.717) is 22.0 Å². The highest BCUT2D eigenvalue weighted by molar-refractivity contribution is 6.10. The smallest absolute Gasteiger partial charge is 0.313 e. The van der Waals surface area contributed by atoms with Crippen molar-refractivity contribution >= 4 is 33.1 Å². The zero-order chi connectivity index (χ0) is 33.1. The van der Waals surface area contributed by atoms with Crippen LogP contribution in [0.15, 0.2) is 137 Å². The molecule has 3 atom stereocenters. The number of benzene rings is 5. The van der Waals surface area contributed by atoms with Crippen LogP contribution in [0.3, 0.4) is 0 Å². The maximum Gasteiger partial charge on any atom is 0.417 e. The van der Waals surface area contributed by atoms with Gasteiger partial charge < -0.3 is 4.90 Å². The molecule has 6 aromatic rings. The molecule has 9 rings (SSSR count). The number of halogens is 3. The van der Waals surface area contributed by atoms with Gasteiger partial charge in [0.05, 0.1) is 33.3 Å². The van der Waals surface area contributed by atoms with Gasteiger partial charge in [-0.1, -0.05) is 111 Å². The van der Waals surface area contributed by atoms with Crippen molar-refractivity contribution in [2.75, 3.05) is 4.90 Å². The maximum atomic E-state index is 14.6. The van der Waals surface area contributed by atoms with Crippen LogP contribution in [0.25, 0.3) is 27.4 Å². The van der Waals surface area contributed by atoms with Crippen LogP contribution in [-0.4, -0.2) is 4.57 Å². The molecule has 0 radical (unpaired) electrons. The second-order valence-electron chi connectivity index (χ2n) is 13.3. The first kappa shape index (κ1) is 28.8. The van der Waals surface area contributed by atoms with E-state index in [1.165, 1.54) is 16.3 Å². The van der Waals surface area contributed by atoms with Gasteiger partial charge in [0.15, 0.2) is 0 Å². The molecule has 3 unspecified atom stereocenters. The number of allylic oxidation sites excluding steroid dienone is 4. The molecule has 1 spiro atoms. The second-order valence-corrected chi connectivity index (χ2v) is 13.3. The van der Waals surface area contributed by atoms with Crippen LogP contribution in [0.1, 0.15) is 41.7 Å². The molecule has 0 bridgehead atoms. The number of fused-ring (bicyclic) bond motifs is 9. The zero-order valence-corrected chi connectivity index (χ0v) is 26.6. The molecule has 48 heavy (non-hydrogen) atoms. The van der Waals surface area contributed by atoms with Crippen molar-refractivity contribution in [2.24, 2.45) is 11.8 Å². The zero-order valence-electron chi connectivity index (χ0n) is 26.6. The maximum absolute atomic E-state index is 14.6. The van der Waals surface area contributed by atoms with Crippen molar-refractivity contribution in [1.82, 2.24) is 4.57 Å².